The van der Waals surface area contributed by atoms with E-state index in [-0.39, 0.29) is 25.4 Å². The summed E-state index contributed by atoms with van der Waals surface area (Å²) in [5, 5.41) is 19.2. The van der Waals surface area contributed by atoms with Crippen molar-refractivity contribution in [1.29, 1.82) is 0 Å². The lowest BCUT2D eigenvalue weighted by molar-refractivity contribution is -0.140. The minimum absolute atomic E-state index is 0.111. The summed E-state index contributed by atoms with van der Waals surface area (Å²) >= 11 is 6.46. The van der Waals surface area contributed by atoms with Crippen LogP contribution in [0, 0.1) is 0 Å². The normalized spacial score (nSPS) is 15.0. The molecule has 202 valence electrons. The fourth-order valence-electron chi connectivity index (χ4n) is 3.36. The summed E-state index contributed by atoms with van der Waals surface area (Å²) in [5.74, 6) is -4.34. The summed E-state index contributed by atoms with van der Waals surface area (Å²) in [6.07, 6.45) is 1.12. The van der Waals surface area contributed by atoms with E-state index in [9.17, 15) is 19.2 Å². The van der Waals surface area contributed by atoms with E-state index < -0.39 is 29.8 Å². The first-order valence-electron chi connectivity index (χ1n) is 11.3. The van der Waals surface area contributed by atoms with Gasteiger partial charge in [-0.05, 0) is 32.4 Å². The lowest BCUT2D eigenvalue weighted by atomic mass is 9.80. The second-order valence-corrected chi connectivity index (χ2v) is 7.71. The van der Waals surface area contributed by atoms with Crippen LogP contribution in [0.3, 0.4) is 0 Å². The molecule has 1 atom stereocenters. The molecule has 37 heavy (non-hydrogen) atoms. The molecular formula is C25H31ClN2O9. The first-order valence-corrected chi connectivity index (χ1v) is 11.7. The van der Waals surface area contributed by atoms with E-state index in [2.05, 4.69) is 5.32 Å². The molecule has 1 aromatic rings. The van der Waals surface area contributed by atoms with Gasteiger partial charge in [-0.3, -0.25) is 0 Å². The van der Waals surface area contributed by atoms with E-state index >= 15 is 0 Å². The van der Waals surface area contributed by atoms with Crippen molar-refractivity contribution in [2.24, 2.45) is 5.73 Å². The third-order valence-corrected chi connectivity index (χ3v) is 5.07. The molecule has 2 rings (SSSR count). The molecule has 0 amide bonds. The molecule has 0 saturated carbocycles. The zero-order chi connectivity index (χ0) is 28.0. The molecule has 5 N–H and O–H groups in total. The number of nitrogens with two attached hydrogens (primary N) is 1. The number of halogens is 1. The number of rotatable bonds is 11. The van der Waals surface area contributed by atoms with Gasteiger partial charge in [-0.2, -0.15) is 0 Å². The second-order valence-electron chi connectivity index (χ2n) is 7.30. The molecule has 0 radical (unpaired) electrons. The molecule has 0 aromatic heterocycles. The largest absolute Gasteiger partial charge is 0.478 e. The summed E-state index contributed by atoms with van der Waals surface area (Å²) in [6.45, 7) is 6.37. The highest BCUT2D eigenvalue weighted by Crippen LogP contribution is 2.41. The SMILES string of the molecule is CCOC(=O)C1=C(C)NC(COCCN)=C(C(=O)OCC)C1c1ccccc1Cl.O=C(O)/C=C/C(=O)O. The highest BCUT2D eigenvalue weighted by molar-refractivity contribution is 6.31. The number of carboxylic acids is 2. The maximum absolute atomic E-state index is 13.0. The van der Waals surface area contributed by atoms with E-state index in [0.29, 0.717) is 52.9 Å². The van der Waals surface area contributed by atoms with Crippen LogP contribution in [0.25, 0.3) is 0 Å². The number of ether oxygens (including phenoxy) is 3. The molecule has 1 unspecified atom stereocenters. The van der Waals surface area contributed by atoms with Gasteiger partial charge in [0.25, 0.3) is 0 Å². The van der Waals surface area contributed by atoms with Crippen LogP contribution in [0.2, 0.25) is 5.02 Å². The molecule has 11 nitrogen and oxygen atoms in total. The number of carbonyl (C=O) groups excluding carboxylic acids is 2. The fourth-order valence-corrected chi connectivity index (χ4v) is 3.60. The van der Waals surface area contributed by atoms with Gasteiger partial charge in [0.15, 0.2) is 0 Å². The van der Waals surface area contributed by atoms with E-state index in [1.54, 1.807) is 45.0 Å². The van der Waals surface area contributed by atoms with Crippen molar-refractivity contribution in [3.05, 3.63) is 69.5 Å². The zero-order valence-corrected chi connectivity index (χ0v) is 21.5. The lowest BCUT2D eigenvalue weighted by Gasteiger charge is -2.31. The minimum atomic E-state index is -1.26. The summed E-state index contributed by atoms with van der Waals surface area (Å²) < 4.78 is 16.1. The van der Waals surface area contributed by atoms with Crippen LogP contribution in [-0.2, 0) is 33.4 Å². The quantitative estimate of drug-likeness (QED) is 0.185. The number of carbonyl (C=O) groups is 4. The van der Waals surface area contributed by atoms with Crippen LogP contribution < -0.4 is 11.1 Å². The molecule has 12 heteroatoms. The second kappa shape index (κ2) is 16.1. The molecule has 0 saturated heterocycles. The van der Waals surface area contributed by atoms with Crippen LogP contribution in [0.4, 0.5) is 0 Å². The molecule has 0 spiro atoms. The number of benzene rings is 1. The first kappa shape index (κ1) is 31.4. The van der Waals surface area contributed by atoms with Crippen LogP contribution in [-0.4, -0.2) is 67.1 Å². The monoisotopic (exact) mass is 538 g/mol. The molecule has 1 aromatic carbocycles. The Hall–Kier alpha value is -3.67. The Kier molecular flexibility index (Phi) is 13.7. The van der Waals surface area contributed by atoms with Crippen LogP contribution in [0.1, 0.15) is 32.3 Å². The van der Waals surface area contributed by atoms with Gasteiger partial charge < -0.3 is 35.5 Å². The third kappa shape index (κ3) is 9.71. The van der Waals surface area contributed by atoms with Crippen molar-refractivity contribution in [2.45, 2.75) is 26.7 Å². The number of carboxylic acid groups (broad SMARTS) is 2. The van der Waals surface area contributed by atoms with Crippen molar-refractivity contribution >= 4 is 35.5 Å². The zero-order valence-electron chi connectivity index (χ0n) is 20.8. The summed E-state index contributed by atoms with van der Waals surface area (Å²) in [6, 6.07) is 7.08. The molecule has 1 aliphatic heterocycles. The average molecular weight is 539 g/mol. The molecule has 0 fully saturated rings. The molecule has 0 aliphatic carbocycles. The Morgan fingerprint density at radius 3 is 2.03 bits per heavy atom. The Morgan fingerprint density at radius 1 is 1.00 bits per heavy atom. The van der Waals surface area contributed by atoms with Gasteiger partial charge in [-0.1, -0.05) is 29.8 Å². The number of aliphatic carboxylic acids is 2. The predicted octanol–water partition coefficient (Wildman–Crippen LogP) is 2.37. The number of nitrogens with one attached hydrogen (secondary N) is 1. The standard InChI is InChI=1S/C21H27ClN2O5.C4H4O4/c1-4-28-20(25)17-13(3)24-16(12-27-11-10-23)19(21(26)29-5-2)18(17)14-8-6-7-9-15(14)22;5-3(6)1-2-4(7)8/h6-9,18,24H,4-5,10-12,23H2,1-3H3;1-2H,(H,5,6)(H,7,8)/b;2-1+. The predicted molar refractivity (Wildman–Crippen MR) is 135 cm³/mol. The Morgan fingerprint density at radius 2 is 1.54 bits per heavy atom. The van der Waals surface area contributed by atoms with Gasteiger partial charge in [0.05, 0.1) is 49.2 Å². The van der Waals surface area contributed by atoms with Crippen LogP contribution in [0.5, 0.6) is 0 Å². The van der Waals surface area contributed by atoms with E-state index in [1.807, 2.05) is 0 Å². The topological polar surface area (TPSA) is 174 Å². The number of hydrogen-bond acceptors (Lipinski definition) is 9. The summed E-state index contributed by atoms with van der Waals surface area (Å²) in [4.78, 5) is 44.9. The highest BCUT2D eigenvalue weighted by Gasteiger charge is 2.39. The highest BCUT2D eigenvalue weighted by atomic mass is 35.5. The van der Waals surface area contributed by atoms with Gasteiger partial charge in [-0.25, -0.2) is 19.2 Å². The van der Waals surface area contributed by atoms with Crippen molar-refractivity contribution < 1.29 is 43.6 Å². The number of dihydropyridines is 1. The maximum atomic E-state index is 13.0. The Balaban J connectivity index is 0.000000738. The lowest BCUT2D eigenvalue weighted by Crippen LogP contribution is -2.35. The molecule has 1 heterocycles. The Bertz CT molecular complexity index is 1060. The van der Waals surface area contributed by atoms with Crippen molar-refractivity contribution in [3.8, 4) is 0 Å². The van der Waals surface area contributed by atoms with Crippen LogP contribution in [0.15, 0.2) is 59.0 Å². The number of esters is 2. The average Bonchev–Trinajstić information content (AvgIpc) is 2.83. The van der Waals surface area contributed by atoms with Gasteiger partial charge in [-0.15, -0.1) is 0 Å². The van der Waals surface area contributed by atoms with Crippen molar-refractivity contribution in [3.63, 3.8) is 0 Å². The smallest absolute Gasteiger partial charge is 0.336 e. The van der Waals surface area contributed by atoms with Gasteiger partial charge in [0.1, 0.15) is 0 Å². The van der Waals surface area contributed by atoms with Crippen molar-refractivity contribution in [2.75, 3.05) is 33.0 Å². The maximum Gasteiger partial charge on any atom is 0.336 e. The fraction of sp³-hybridized carbons (Fsp3) is 0.360. The van der Waals surface area contributed by atoms with E-state index in [0.717, 1.165) is 0 Å². The van der Waals surface area contributed by atoms with Crippen molar-refractivity contribution in [1.82, 2.24) is 5.32 Å². The molecule has 1 aliphatic rings. The van der Waals surface area contributed by atoms with Gasteiger partial charge in [0.2, 0.25) is 0 Å². The molecular weight excluding hydrogens is 508 g/mol. The summed E-state index contributed by atoms with van der Waals surface area (Å²) in [7, 11) is 0. The van der Waals surface area contributed by atoms with E-state index in [1.165, 1.54) is 0 Å². The van der Waals surface area contributed by atoms with Gasteiger partial charge in [0, 0.05) is 29.4 Å². The number of allylic oxidation sites excluding steroid dienone is 1. The van der Waals surface area contributed by atoms with Gasteiger partial charge >= 0.3 is 23.9 Å². The first-order chi connectivity index (χ1) is 17.6. The Labute approximate surface area is 219 Å². The summed E-state index contributed by atoms with van der Waals surface area (Å²) in [5.41, 5.74) is 7.76. The third-order valence-electron chi connectivity index (χ3n) is 4.73. The van der Waals surface area contributed by atoms with E-state index in [4.69, 9.17) is 41.8 Å². The number of hydrogen-bond donors (Lipinski definition) is 4. The minimum Gasteiger partial charge on any atom is -0.478 e. The van der Waals surface area contributed by atoms with Crippen LogP contribution >= 0.6 is 11.6 Å². The molecule has 0 bridgehead atoms.